The van der Waals surface area contributed by atoms with Crippen molar-refractivity contribution < 1.29 is 14.6 Å². The number of nitrogens with one attached hydrogen (secondary N) is 1. The van der Waals surface area contributed by atoms with Gasteiger partial charge in [0.15, 0.2) is 0 Å². The summed E-state index contributed by atoms with van der Waals surface area (Å²) in [7, 11) is 0. The molecule has 0 radical (unpaired) electrons. The second-order valence-corrected chi connectivity index (χ2v) is 5.13. The van der Waals surface area contributed by atoms with E-state index in [2.05, 4.69) is 12.2 Å². The Hall–Kier alpha value is -1.55. The van der Waals surface area contributed by atoms with Gasteiger partial charge < -0.3 is 15.2 Å². The van der Waals surface area contributed by atoms with E-state index in [1.165, 1.54) is 0 Å². The van der Waals surface area contributed by atoms with Gasteiger partial charge in [0, 0.05) is 0 Å². The van der Waals surface area contributed by atoms with Crippen molar-refractivity contribution in [3.8, 4) is 0 Å². The molecule has 2 N–H and O–H groups in total. The Morgan fingerprint density at radius 2 is 1.90 bits per heavy atom. The van der Waals surface area contributed by atoms with Crippen LogP contribution in [0.3, 0.4) is 0 Å². The molecule has 112 valence electrons. The summed E-state index contributed by atoms with van der Waals surface area (Å²) in [6.07, 6.45) is 0.413. The summed E-state index contributed by atoms with van der Waals surface area (Å²) in [5, 5.41) is 13.0. The quantitative estimate of drug-likeness (QED) is 0.805. The predicted molar refractivity (Wildman–Crippen MR) is 79.4 cm³/mol. The van der Waals surface area contributed by atoms with Gasteiger partial charge in [-0.1, -0.05) is 57.5 Å². The number of ether oxygens (including phenoxy) is 1. The number of carbonyl (C=O) groups excluding carboxylic acids is 1. The minimum atomic E-state index is -0.725. The molecule has 0 bridgehead atoms. The highest BCUT2D eigenvalue weighted by Gasteiger charge is 2.21. The van der Waals surface area contributed by atoms with Gasteiger partial charge in [0.05, 0.1) is 18.8 Å². The van der Waals surface area contributed by atoms with Crippen LogP contribution in [0.15, 0.2) is 30.3 Å². The molecule has 20 heavy (non-hydrogen) atoms. The molecule has 0 aliphatic heterocycles. The van der Waals surface area contributed by atoms with Crippen LogP contribution in [0.1, 0.15) is 45.3 Å². The van der Waals surface area contributed by atoms with Crippen LogP contribution in [-0.4, -0.2) is 23.8 Å². The summed E-state index contributed by atoms with van der Waals surface area (Å²) in [5.41, 5.74) is 0.793. The van der Waals surface area contributed by atoms with E-state index in [-0.39, 0.29) is 6.04 Å². The number of benzene rings is 1. The van der Waals surface area contributed by atoms with Crippen LogP contribution in [-0.2, 0) is 4.74 Å². The highest BCUT2D eigenvalue weighted by Crippen LogP contribution is 2.18. The third-order valence-corrected chi connectivity index (χ3v) is 3.46. The molecule has 0 saturated heterocycles. The molecule has 1 aromatic rings. The van der Waals surface area contributed by atoms with Gasteiger partial charge in [0.2, 0.25) is 0 Å². The summed E-state index contributed by atoms with van der Waals surface area (Å²) < 4.78 is 5.15. The highest BCUT2D eigenvalue weighted by atomic mass is 16.5. The van der Waals surface area contributed by atoms with Crippen molar-refractivity contribution in [2.45, 2.75) is 45.8 Å². The second-order valence-electron chi connectivity index (χ2n) is 5.13. The van der Waals surface area contributed by atoms with Gasteiger partial charge in [-0.05, 0) is 17.9 Å². The average Bonchev–Trinajstić information content (AvgIpc) is 2.50. The number of aliphatic hydroxyl groups is 1. The Balaban J connectivity index is 2.52. The van der Waals surface area contributed by atoms with Crippen LogP contribution in [0.5, 0.6) is 0 Å². The minimum absolute atomic E-state index is 0.346. The van der Waals surface area contributed by atoms with Crippen LogP contribution in [0, 0.1) is 5.92 Å². The van der Waals surface area contributed by atoms with Crippen LogP contribution in [0.4, 0.5) is 4.79 Å². The van der Waals surface area contributed by atoms with E-state index in [1.54, 1.807) is 0 Å². The molecule has 3 unspecified atom stereocenters. The van der Waals surface area contributed by atoms with Crippen molar-refractivity contribution in [3.05, 3.63) is 35.9 Å². The molecule has 4 nitrogen and oxygen atoms in total. The minimum Gasteiger partial charge on any atom is -0.449 e. The number of carbonyl (C=O) groups is 1. The fourth-order valence-electron chi connectivity index (χ4n) is 1.82. The third kappa shape index (κ3) is 5.21. The molecule has 0 fully saturated rings. The van der Waals surface area contributed by atoms with Crippen molar-refractivity contribution in [3.63, 3.8) is 0 Å². The van der Waals surface area contributed by atoms with E-state index in [0.717, 1.165) is 12.0 Å². The van der Waals surface area contributed by atoms with Crippen LogP contribution in [0.25, 0.3) is 0 Å². The number of rotatable bonds is 7. The predicted octanol–water partition coefficient (Wildman–Crippen LogP) is 3.27. The Morgan fingerprint density at radius 1 is 1.25 bits per heavy atom. The van der Waals surface area contributed by atoms with Gasteiger partial charge in [0.1, 0.15) is 0 Å². The summed E-state index contributed by atoms with van der Waals surface area (Å²) >= 11 is 0. The van der Waals surface area contributed by atoms with Crippen molar-refractivity contribution in [2.24, 2.45) is 5.92 Å². The molecule has 1 rings (SSSR count). The number of amides is 1. The fraction of sp³-hybridized carbons (Fsp3) is 0.562. The standard InChI is InChI=1S/C16H25NO3/c1-4-12(3)11-20-16(19)17-14(5-2)15(18)13-9-7-6-8-10-13/h6-10,12,14-15,18H,4-5,11H2,1-3H3,(H,17,19). The number of hydrogen-bond donors (Lipinski definition) is 2. The first-order chi connectivity index (χ1) is 9.58. The Bertz CT molecular complexity index is 394. The normalized spacial score (nSPS) is 15.2. The lowest BCUT2D eigenvalue weighted by Gasteiger charge is -2.23. The zero-order chi connectivity index (χ0) is 15.0. The monoisotopic (exact) mass is 279 g/mol. The zero-order valence-corrected chi connectivity index (χ0v) is 12.5. The molecule has 4 heteroatoms. The Morgan fingerprint density at radius 3 is 2.45 bits per heavy atom. The van der Waals surface area contributed by atoms with Crippen LogP contribution < -0.4 is 5.32 Å². The van der Waals surface area contributed by atoms with E-state index < -0.39 is 12.2 Å². The first kappa shape index (κ1) is 16.5. The summed E-state index contributed by atoms with van der Waals surface area (Å²) in [6.45, 7) is 6.41. The van der Waals surface area contributed by atoms with Gasteiger partial charge in [-0.3, -0.25) is 0 Å². The number of alkyl carbamates (subject to hydrolysis) is 1. The Labute approximate surface area is 121 Å². The van der Waals surface area contributed by atoms with Crippen LogP contribution >= 0.6 is 0 Å². The molecule has 0 aromatic heterocycles. The highest BCUT2D eigenvalue weighted by molar-refractivity contribution is 5.67. The zero-order valence-electron chi connectivity index (χ0n) is 12.5. The maximum absolute atomic E-state index is 11.7. The third-order valence-electron chi connectivity index (χ3n) is 3.46. The number of hydrogen-bond acceptors (Lipinski definition) is 3. The maximum Gasteiger partial charge on any atom is 0.407 e. The molecule has 0 heterocycles. The first-order valence-electron chi connectivity index (χ1n) is 7.24. The van der Waals surface area contributed by atoms with Crippen molar-refractivity contribution in [1.29, 1.82) is 0 Å². The average molecular weight is 279 g/mol. The molecule has 3 atom stereocenters. The Kier molecular flexibility index (Phi) is 7.09. The molecule has 0 saturated carbocycles. The van der Waals surface area contributed by atoms with Gasteiger partial charge in [0.25, 0.3) is 0 Å². The number of aliphatic hydroxyl groups excluding tert-OH is 1. The van der Waals surface area contributed by atoms with E-state index >= 15 is 0 Å². The molecule has 0 aliphatic rings. The molecule has 1 aromatic carbocycles. The lowest BCUT2D eigenvalue weighted by atomic mass is 10.0. The SMILES string of the molecule is CCC(C)COC(=O)NC(CC)C(O)c1ccccc1. The van der Waals surface area contributed by atoms with Gasteiger partial charge in [-0.2, -0.15) is 0 Å². The molecular weight excluding hydrogens is 254 g/mol. The lowest BCUT2D eigenvalue weighted by molar-refractivity contribution is 0.0961. The van der Waals surface area contributed by atoms with Gasteiger partial charge in [-0.25, -0.2) is 4.79 Å². The first-order valence-corrected chi connectivity index (χ1v) is 7.24. The van der Waals surface area contributed by atoms with Gasteiger partial charge >= 0.3 is 6.09 Å². The lowest BCUT2D eigenvalue weighted by Crippen LogP contribution is -2.39. The van der Waals surface area contributed by atoms with E-state index in [0.29, 0.717) is 18.9 Å². The smallest absolute Gasteiger partial charge is 0.407 e. The summed E-state index contributed by atoms with van der Waals surface area (Å²) in [5.74, 6) is 0.347. The summed E-state index contributed by atoms with van der Waals surface area (Å²) in [4.78, 5) is 11.7. The topological polar surface area (TPSA) is 58.6 Å². The van der Waals surface area contributed by atoms with Crippen molar-refractivity contribution in [1.82, 2.24) is 5.32 Å². The summed E-state index contributed by atoms with van der Waals surface area (Å²) in [6, 6.07) is 8.98. The van der Waals surface area contributed by atoms with Gasteiger partial charge in [-0.15, -0.1) is 0 Å². The van der Waals surface area contributed by atoms with E-state index in [9.17, 15) is 9.90 Å². The molecule has 0 aliphatic carbocycles. The van der Waals surface area contributed by atoms with E-state index in [4.69, 9.17) is 4.74 Å². The molecule has 0 spiro atoms. The largest absolute Gasteiger partial charge is 0.449 e. The van der Waals surface area contributed by atoms with Crippen molar-refractivity contribution >= 4 is 6.09 Å². The second kappa shape index (κ2) is 8.59. The molecule has 1 amide bonds. The van der Waals surface area contributed by atoms with E-state index in [1.807, 2.05) is 44.2 Å². The maximum atomic E-state index is 11.7. The molecular formula is C16H25NO3. The van der Waals surface area contributed by atoms with Crippen molar-refractivity contribution in [2.75, 3.05) is 6.61 Å². The fourth-order valence-corrected chi connectivity index (χ4v) is 1.82. The van der Waals surface area contributed by atoms with Crippen LogP contribution in [0.2, 0.25) is 0 Å².